The summed E-state index contributed by atoms with van der Waals surface area (Å²) in [6.45, 7) is 10.2. The third-order valence-corrected chi connectivity index (χ3v) is 6.38. The number of ether oxygens (including phenoxy) is 1. The number of carbonyl (C=O) groups excluding carboxylic acids is 1. The van der Waals surface area contributed by atoms with Gasteiger partial charge in [-0.1, -0.05) is 12.6 Å². The Morgan fingerprint density at radius 3 is 2.39 bits per heavy atom. The van der Waals surface area contributed by atoms with Gasteiger partial charge in [-0.3, -0.25) is 9.78 Å². The molecule has 0 saturated carbocycles. The van der Waals surface area contributed by atoms with E-state index in [1.807, 2.05) is 30.0 Å². The van der Waals surface area contributed by atoms with Gasteiger partial charge in [0.1, 0.15) is 11.5 Å². The minimum Gasteiger partial charge on any atom is -0.494 e. The Bertz CT molecular complexity index is 1300. The first-order valence-corrected chi connectivity index (χ1v) is 11.6. The zero-order valence-electron chi connectivity index (χ0n) is 20.6. The maximum absolute atomic E-state index is 14.1. The van der Waals surface area contributed by atoms with Crippen molar-refractivity contribution in [2.75, 3.05) is 33.3 Å². The quantitative estimate of drug-likeness (QED) is 0.602. The number of allylic oxidation sites excluding steroid dienone is 5. The smallest absolute Gasteiger partial charge is 0.219 e. The number of halogens is 2. The lowest BCUT2D eigenvalue weighted by Crippen LogP contribution is -2.47. The number of hydrogen-bond acceptors (Lipinski definition) is 5. The highest BCUT2D eigenvalue weighted by Crippen LogP contribution is 2.32. The average Bonchev–Trinajstić information content (AvgIpc) is 2.90. The highest BCUT2D eigenvalue weighted by molar-refractivity contribution is 6.19. The van der Waals surface area contributed by atoms with Crippen LogP contribution in [0, 0.1) is 11.6 Å². The molecule has 0 unspecified atom stereocenters. The molecule has 1 aromatic carbocycles. The molecule has 0 bridgehead atoms. The van der Waals surface area contributed by atoms with Crippen molar-refractivity contribution < 1.29 is 18.3 Å². The summed E-state index contributed by atoms with van der Waals surface area (Å²) in [5, 5.41) is 0. The van der Waals surface area contributed by atoms with Gasteiger partial charge in [-0.25, -0.2) is 13.8 Å². The van der Waals surface area contributed by atoms with Crippen LogP contribution < -0.4 is 0 Å². The number of methoxy groups -OCH3 is 1. The summed E-state index contributed by atoms with van der Waals surface area (Å²) in [6.07, 6.45) is 7.02. The Hall–Kier alpha value is -4.07. The van der Waals surface area contributed by atoms with Gasteiger partial charge < -0.3 is 14.5 Å². The summed E-state index contributed by atoms with van der Waals surface area (Å²) < 4.78 is 33.4. The Morgan fingerprint density at radius 1 is 1.06 bits per heavy atom. The van der Waals surface area contributed by atoms with E-state index in [1.54, 1.807) is 32.5 Å². The molecule has 1 amide bonds. The van der Waals surface area contributed by atoms with E-state index in [1.165, 1.54) is 12.1 Å². The number of aromatic nitrogens is 1. The Kier molecular flexibility index (Phi) is 7.43. The number of rotatable bonds is 5. The molecule has 1 aromatic heterocycles. The van der Waals surface area contributed by atoms with Crippen molar-refractivity contribution in [1.29, 1.82) is 0 Å². The lowest BCUT2D eigenvalue weighted by molar-refractivity contribution is -0.130. The monoisotopic (exact) mass is 490 g/mol. The summed E-state index contributed by atoms with van der Waals surface area (Å²) in [7, 11) is 1.54. The standard InChI is InChI=1S/C28H28F2N4O2/c1-18(22-6-5-9-31-17-22)32-28-24(19(2)33-10-12-34(13-11-33)20(3)35)14-23(16-27(28)36-4)21-7-8-25(29)26(30)15-21/h5-9,14-17H,1,10-13H2,2-4H3/b24-19+,32-28?. The van der Waals surface area contributed by atoms with E-state index in [9.17, 15) is 13.6 Å². The predicted molar refractivity (Wildman–Crippen MR) is 137 cm³/mol. The van der Waals surface area contributed by atoms with Crippen LogP contribution in [0.3, 0.4) is 0 Å². The summed E-state index contributed by atoms with van der Waals surface area (Å²) in [6, 6.07) is 7.49. The number of pyridine rings is 1. The van der Waals surface area contributed by atoms with Crippen molar-refractivity contribution in [3.05, 3.63) is 101 Å². The van der Waals surface area contributed by atoms with Gasteiger partial charge in [-0.15, -0.1) is 0 Å². The van der Waals surface area contributed by atoms with Crippen molar-refractivity contribution >= 4 is 22.9 Å². The molecule has 1 saturated heterocycles. The van der Waals surface area contributed by atoms with Gasteiger partial charge in [0.15, 0.2) is 11.6 Å². The number of hydrogen-bond donors (Lipinski definition) is 0. The fourth-order valence-corrected chi connectivity index (χ4v) is 4.26. The highest BCUT2D eigenvalue weighted by Gasteiger charge is 2.26. The molecule has 2 aliphatic rings. The van der Waals surface area contributed by atoms with Gasteiger partial charge in [0.25, 0.3) is 0 Å². The van der Waals surface area contributed by atoms with Crippen LogP contribution in [0.4, 0.5) is 8.78 Å². The van der Waals surface area contributed by atoms with Crippen molar-refractivity contribution in [2.45, 2.75) is 13.8 Å². The summed E-state index contributed by atoms with van der Waals surface area (Å²) in [5.41, 5.74) is 4.73. The van der Waals surface area contributed by atoms with E-state index in [2.05, 4.69) is 16.5 Å². The van der Waals surface area contributed by atoms with E-state index in [4.69, 9.17) is 9.73 Å². The maximum Gasteiger partial charge on any atom is 0.219 e. The van der Waals surface area contributed by atoms with Crippen LogP contribution in [0.2, 0.25) is 0 Å². The normalized spacial score (nSPS) is 18.5. The highest BCUT2D eigenvalue weighted by atomic mass is 19.2. The molecule has 1 fully saturated rings. The van der Waals surface area contributed by atoms with Crippen LogP contribution >= 0.6 is 0 Å². The van der Waals surface area contributed by atoms with E-state index in [-0.39, 0.29) is 5.91 Å². The lowest BCUT2D eigenvalue weighted by atomic mass is 9.92. The lowest BCUT2D eigenvalue weighted by Gasteiger charge is -2.37. The van der Waals surface area contributed by atoms with Gasteiger partial charge in [0.05, 0.1) is 12.8 Å². The van der Waals surface area contributed by atoms with Gasteiger partial charge in [0, 0.05) is 62.3 Å². The van der Waals surface area contributed by atoms with Crippen LogP contribution in [-0.4, -0.2) is 59.7 Å². The molecule has 0 radical (unpaired) electrons. The average molecular weight is 491 g/mol. The second kappa shape index (κ2) is 10.7. The minimum absolute atomic E-state index is 0.0535. The molecule has 2 heterocycles. The molecule has 1 aliphatic carbocycles. The predicted octanol–water partition coefficient (Wildman–Crippen LogP) is 4.84. The number of carbonyl (C=O) groups is 1. The molecule has 6 nitrogen and oxygen atoms in total. The van der Waals surface area contributed by atoms with Crippen molar-refractivity contribution in [3.8, 4) is 0 Å². The first-order valence-electron chi connectivity index (χ1n) is 11.6. The third kappa shape index (κ3) is 5.27. The van der Waals surface area contributed by atoms with Crippen LogP contribution in [0.5, 0.6) is 0 Å². The third-order valence-electron chi connectivity index (χ3n) is 6.38. The summed E-state index contributed by atoms with van der Waals surface area (Å²) >= 11 is 0. The van der Waals surface area contributed by atoms with Gasteiger partial charge in [0.2, 0.25) is 5.91 Å². The van der Waals surface area contributed by atoms with Crippen molar-refractivity contribution in [1.82, 2.24) is 14.8 Å². The maximum atomic E-state index is 14.1. The fraction of sp³-hybridized carbons (Fsp3) is 0.250. The number of piperazine rings is 1. The topological polar surface area (TPSA) is 58.0 Å². The largest absolute Gasteiger partial charge is 0.494 e. The second-order valence-electron chi connectivity index (χ2n) is 8.58. The Labute approximate surface area is 209 Å². The zero-order chi connectivity index (χ0) is 25.8. The van der Waals surface area contributed by atoms with Gasteiger partial charge in [-0.05, 0) is 54.5 Å². The number of benzene rings is 1. The molecule has 186 valence electrons. The number of nitrogens with zero attached hydrogens (tertiary/aromatic N) is 4. The first kappa shape index (κ1) is 25.0. The van der Waals surface area contributed by atoms with E-state index >= 15 is 0 Å². The molecular formula is C28H28F2N4O2. The molecule has 0 N–H and O–H groups in total. The van der Waals surface area contributed by atoms with Crippen molar-refractivity contribution in [2.24, 2.45) is 4.99 Å². The number of aliphatic imine (C=N–C) groups is 1. The molecule has 1 aliphatic heterocycles. The number of amides is 1. The molecule has 8 heteroatoms. The zero-order valence-corrected chi connectivity index (χ0v) is 20.6. The Balaban J connectivity index is 1.81. The molecule has 0 spiro atoms. The van der Waals surface area contributed by atoms with Crippen LogP contribution in [0.25, 0.3) is 11.3 Å². The van der Waals surface area contributed by atoms with Crippen LogP contribution in [-0.2, 0) is 9.53 Å². The molecule has 0 atom stereocenters. The molecule has 2 aromatic rings. The summed E-state index contributed by atoms with van der Waals surface area (Å²) in [5.74, 6) is -1.30. The summed E-state index contributed by atoms with van der Waals surface area (Å²) in [4.78, 5) is 24.8. The Morgan fingerprint density at radius 2 is 1.78 bits per heavy atom. The SMILES string of the molecule is C=C(N=C1C(OC)=CC(c2ccc(F)c(F)c2)=C/C1=C(/C)N1CCN(C(C)=O)CC1)c1cccnc1. The second-order valence-corrected chi connectivity index (χ2v) is 8.58. The van der Waals surface area contributed by atoms with E-state index < -0.39 is 11.6 Å². The van der Waals surface area contributed by atoms with Gasteiger partial charge >= 0.3 is 0 Å². The molecule has 36 heavy (non-hydrogen) atoms. The van der Waals surface area contributed by atoms with Gasteiger partial charge in [-0.2, -0.15) is 0 Å². The minimum atomic E-state index is -0.923. The van der Waals surface area contributed by atoms with Crippen LogP contribution in [0.15, 0.2) is 83.5 Å². The molecular weight excluding hydrogens is 462 g/mol. The van der Waals surface area contributed by atoms with Crippen LogP contribution in [0.1, 0.15) is 25.0 Å². The van der Waals surface area contributed by atoms with Crippen molar-refractivity contribution in [3.63, 3.8) is 0 Å². The van der Waals surface area contributed by atoms with E-state index in [0.717, 1.165) is 22.9 Å². The fourth-order valence-electron chi connectivity index (χ4n) is 4.26. The first-order chi connectivity index (χ1) is 17.3. The molecule has 4 rings (SSSR count). The van der Waals surface area contributed by atoms with E-state index in [0.29, 0.717) is 54.5 Å².